The maximum atomic E-state index is 14.3. The third kappa shape index (κ3) is 2.63. The Balaban J connectivity index is 4.46. The van der Waals surface area contributed by atoms with Crippen molar-refractivity contribution in [1.29, 1.82) is 21.0 Å². The van der Waals surface area contributed by atoms with Crippen molar-refractivity contribution in [2.75, 3.05) is 0 Å². The lowest BCUT2D eigenvalue weighted by Gasteiger charge is -2.04. The molecule has 21 heavy (non-hydrogen) atoms. The minimum absolute atomic E-state index is 0.441. The summed E-state index contributed by atoms with van der Waals surface area (Å²) in [5.74, 6) is -4.77. The quantitative estimate of drug-likeness (QED) is 0.523. The second-order valence-electron chi connectivity index (χ2n) is 3.34. The molecule has 0 saturated heterocycles. The highest BCUT2D eigenvalue weighted by Gasteiger charge is 2.21. The van der Waals surface area contributed by atoms with Crippen LogP contribution in [0.3, 0.4) is 0 Å². The van der Waals surface area contributed by atoms with Crippen molar-refractivity contribution in [2.45, 2.75) is 0 Å². The average molecular weight is 398 g/mol. The number of nitrogens with zero attached hydrogens (tertiary/aromatic N) is 4. The summed E-state index contributed by atoms with van der Waals surface area (Å²) in [4.78, 5) is 0. The van der Waals surface area contributed by atoms with Crippen LogP contribution in [0.5, 0.6) is 0 Å². The summed E-state index contributed by atoms with van der Waals surface area (Å²) >= 11 is -1.45. The molecule has 0 radical (unpaired) electrons. The molecule has 0 aliphatic heterocycles. The molecule has 1 rings (SSSR count). The van der Waals surface area contributed by atoms with Gasteiger partial charge in [-0.3, -0.25) is 0 Å². The normalized spacial score (nSPS) is 8.90. The Hall–Kier alpha value is -2.69. The number of hydrogen-bond acceptors (Lipinski definition) is 4. The largest absolute Gasteiger partial charge is 0.205 e. The standard InChI is InChI=1S/C13H2F3IN4/c1-17-13-9(7(4-20)5-21)11(15)10(14)8(12(13)16)6(2-18)3-19/h1H2. The number of benzene rings is 1. The van der Waals surface area contributed by atoms with E-state index in [1.54, 1.807) is 0 Å². The van der Waals surface area contributed by atoms with Crippen LogP contribution in [0, 0.1) is 66.3 Å². The second kappa shape index (κ2) is 6.65. The molecule has 0 fully saturated rings. The van der Waals surface area contributed by atoms with Crippen molar-refractivity contribution in [2.24, 2.45) is 0 Å². The van der Waals surface area contributed by atoms with Gasteiger partial charge in [-0.1, -0.05) is 25.2 Å². The van der Waals surface area contributed by atoms with Crippen LogP contribution in [0.25, 0.3) is 11.1 Å². The summed E-state index contributed by atoms with van der Waals surface area (Å²) in [5, 5.41) is 32.9. The smallest absolute Gasteiger partial charge is 0.171 e. The molecule has 0 unspecified atom stereocenters. The molecule has 102 valence electrons. The minimum atomic E-state index is -1.79. The molecule has 0 aliphatic rings. The van der Waals surface area contributed by atoms with Crippen molar-refractivity contribution in [3.8, 4) is 24.3 Å². The number of hydrogen-bond donors (Lipinski definition) is 0. The van der Waals surface area contributed by atoms with Gasteiger partial charge in [0, 0.05) is 0 Å². The Bertz CT molecular complexity index is 905. The third-order valence-electron chi connectivity index (χ3n) is 2.34. The first-order valence-electron chi connectivity index (χ1n) is 4.92. The monoisotopic (exact) mass is 398 g/mol. The summed E-state index contributed by atoms with van der Waals surface area (Å²) in [5.41, 5.74) is -1.74. The molecule has 0 bridgehead atoms. The van der Waals surface area contributed by atoms with Gasteiger partial charge in [-0.25, -0.2) is 13.2 Å². The van der Waals surface area contributed by atoms with Crippen LogP contribution in [-0.4, -0.2) is 4.51 Å². The fraction of sp³-hybridized carbons (Fsp3) is 0. The maximum Gasteiger partial charge on any atom is 0.171 e. The first-order valence-corrected chi connectivity index (χ1v) is 7.52. The van der Waals surface area contributed by atoms with E-state index < -0.39 is 63.3 Å². The Morgan fingerprint density at radius 1 is 0.762 bits per heavy atom. The first kappa shape index (κ1) is 16.4. The zero-order chi connectivity index (χ0) is 16.2. The van der Waals surface area contributed by atoms with E-state index in [-0.39, 0.29) is 0 Å². The highest BCUT2D eigenvalue weighted by molar-refractivity contribution is 14.2. The average Bonchev–Trinajstić information content (AvgIpc) is 2.49. The van der Waals surface area contributed by atoms with E-state index in [9.17, 15) is 13.2 Å². The van der Waals surface area contributed by atoms with E-state index >= 15 is 0 Å². The van der Waals surface area contributed by atoms with E-state index in [1.165, 1.54) is 24.3 Å². The summed E-state index contributed by atoms with van der Waals surface area (Å²) in [7, 11) is 0. The third-order valence-corrected chi connectivity index (χ3v) is 4.12. The molecular weight excluding hydrogens is 396 g/mol. The predicted molar refractivity (Wildman–Crippen MR) is 74.7 cm³/mol. The first-order chi connectivity index (χ1) is 9.98. The number of rotatable bonds is 1. The van der Waals surface area contributed by atoms with Gasteiger partial charge in [0.05, 0.1) is 14.0 Å². The fourth-order valence-corrected chi connectivity index (χ4v) is 2.96. The number of nitriles is 4. The molecule has 0 atom stereocenters. The molecule has 0 spiro atoms. The van der Waals surface area contributed by atoms with Gasteiger partial charge in [0.2, 0.25) is 0 Å². The van der Waals surface area contributed by atoms with Crippen molar-refractivity contribution in [3.63, 3.8) is 0 Å². The van der Waals surface area contributed by atoms with Gasteiger partial charge in [0.15, 0.2) is 11.6 Å². The van der Waals surface area contributed by atoms with E-state index in [0.717, 1.165) is 0 Å². The Morgan fingerprint density at radius 2 is 1.14 bits per heavy atom. The summed E-state index contributed by atoms with van der Waals surface area (Å²) in [6.07, 6.45) is 0. The summed E-state index contributed by atoms with van der Waals surface area (Å²) in [6.45, 7) is 0. The van der Waals surface area contributed by atoms with Gasteiger partial charge in [0.25, 0.3) is 0 Å². The van der Waals surface area contributed by atoms with Crippen molar-refractivity contribution in [3.05, 3.63) is 31.5 Å². The van der Waals surface area contributed by atoms with Crippen LogP contribution in [0.4, 0.5) is 13.2 Å². The molecule has 1 aromatic carbocycles. The van der Waals surface area contributed by atoms with E-state index in [1.807, 2.05) is 0 Å². The maximum absolute atomic E-state index is 14.3. The van der Waals surface area contributed by atoms with Crippen LogP contribution in [-0.2, 0) is 0 Å². The van der Waals surface area contributed by atoms with E-state index in [2.05, 4.69) is 4.51 Å². The molecule has 0 aliphatic carbocycles. The van der Waals surface area contributed by atoms with Gasteiger partial charge in [0.1, 0.15) is 41.2 Å². The SMILES string of the molecule is C=Ic1c(F)c(=C(C#N)C#N)c(F)c(F)c1=C(C#N)C#N. The van der Waals surface area contributed by atoms with Crippen molar-refractivity contribution >= 4 is 36.4 Å². The Labute approximate surface area is 126 Å². The molecule has 4 nitrogen and oxygen atoms in total. The summed E-state index contributed by atoms with van der Waals surface area (Å²) in [6, 6.07) is 5.24. The van der Waals surface area contributed by atoms with Crippen LogP contribution >= 0.6 is 20.7 Å². The molecule has 0 aromatic heterocycles. The highest BCUT2D eigenvalue weighted by Crippen LogP contribution is 2.12. The molecule has 1 aromatic rings. The Morgan fingerprint density at radius 3 is 1.52 bits per heavy atom. The van der Waals surface area contributed by atoms with Gasteiger partial charge >= 0.3 is 0 Å². The number of halogens is 4. The fourth-order valence-electron chi connectivity index (χ4n) is 1.47. The molecule has 0 amide bonds. The molecule has 8 heteroatoms. The topological polar surface area (TPSA) is 95.2 Å². The molecular formula is C13H2F3IN4. The van der Waals surface area contributed by atoms with Crippen LogP contribution < -0.4 is 10.4 Å². The lowest BCUT2D eigenvalue weighted by atomic mass is 10.1. The van der Waals surface area contributed by atoms with Gasteiger partial charge in [-0.05, 0) is 0 Å². The molecule has 0 heterocycles. The zero-order valence-electron chi connectivity index (χ0n) is 10.0. The highest BCUT2D eigenvalue weighted by atomic mass is 127. The Kier molecular flexibility index (Phi) is 5.18. The van der Waals surface area contributed by atoms with Crippen LogP contribution in [0.1, 0.15) is 0 Å². The lowest BCUT2D eigenvalue weighted by molar-refractivity contribution is 0.476. The van der Waals surface area contributed by atoms with Gasteiger partial charge < -0.3 is 0 Å². The lowest BCUT2D eigenvalue weighted by Crippen LogP contribution is -2.30. The zero-order valence-corrected chi connectivity index (χ0v) is 12.2. The van der Waals surface area contributed by atoms with Gasteiger partial charge in [-0.2, -0.15) is 21.0 Å². The molecule has 0 N–H and O–H groups in total. The van der Waals surface area contributed by atoms with E-state index in [0.29, 0.717) is 0 Å². The van der Waals surface area contributed by atoms with Crippen molar-refractivity contribution < 1.29 is 13.2 Å². The second-order valence-corrected chi connectivity index (χ2v) is 5.18. The predicted octanol–water partition coefficient (Wildman–Crippen LogP) is 1.07. The van der Waals surface area contributed by atoms with Crippen molar-refractivity contribution in [1.82, 2.24) is 0 Å². The molecule has 0 saturated carbocycles. The summed E-state index contributed by atoms with van der Waals surface area (Å²) < 4.78 is 45.2. The minimum Gasteiger partial charge on any atom is -0.205 e. The van der Waals surface area contributed by atoms with Crippen LogP contribution in [0.2, 0.25) is 0 Å². The van der Waals surface area contributed by atoms with E-state index in [4.69, 9.17) is 21.0 Å². The van der Waals surface area contributed by atoms with Gasteiger partial charge in [-0.15, -0.1) is 0 Å². The van der Waals surface area contributed by atoms with Crippen LogP contribution in [0.15, 0.2) is 0 Å².